The molecule has 0 spiro atoms. The van der Waals surface area contributed by atoms with Crippen molar-refractivity contribution in [2.75, 3.05) is 18.4 Å². The van der Waals surface area contributed by atoms with Gasteiger partial charge in [0.05, 0.1) is 18.0 Å². The smallest absolute Gasteiger partial charge is 0.328 e. The number of hydrogen-bond acceptors (Lipinski definition) is 4. The lowest BCUT2D eigenvalue weighted by Gasteiger charge is -2.42. The first kappa shape index (κ1) is 20.2. The Morgan fingerprint density at radius 2 is 1.96 bits per heavy atom. The molecule has 1 aromatic heterocycles. The molecular formula is C17H13BrF4N4O2. The minimum Gasteiger partial charge on any atom is -0.328 e. The van der Waals surface area contributed by atoms with Crippen LogP contribution < -0.4 is 5.32 Å². The number of fused-ring (bicyclic) bond motifs is 1. The number of halogens is 5. The van der Waals surface area contributed by atoms with Gasteiger partial charge in [-0.3, -0.25) is 14.9 Å². The first-order valence-electron chi connectivity index (χ1n) is 7.95. The standard InChI is InChI=1S/C17H13BrF4N4O2/c1-16(17(20,21)22)8-26(14(28)13-10(16)3-2-4-11(13)18)7-12(27)25-15-23-5-9(19)6-24-15/h2-6H,7-8H2,1H3,(H,23,24,25,27). The predicted octanol–water partition coefficient (Wildman–Crippen LogP) is 3.29. The highest BCUT2D eigenvalue weighted by Crippen LogP contribution is 2.46. The summed E-state index contributed by atoms with van der Waals surface area (Å²) >= 11 is 3.12. The van der Waals surface area contributed by atoms with E-state index >= 15 is 0 Å². The Morgan fingerprint density at radius 1 is 1.32 bits per heavy atom. The third-order valence-electron chi connectivity index (χ3n) is 4.45. The highest BCUT2D eigenvalue weighted by molar-refractivity contribution is 9.10. The number of amides is 2. The maximum Gasteiger partial charge on any atom is 0.399 e. The molecule has 1 atom stereocenters. The molecular weight excluding hydrogens is 448 g/mol. The highest BCUT2D eigenvalue weighted by Gasteiger charge is 2.57. The molecule has 1 aliphatic rings. The molecule has 3 rings (SSSR count). The second-order valence-corrected chi connectivity index (χ2v) is 7.28. The van der Waals surface area contributed by atoms with Crippen molar-refractivity contribution in [1.29, 1.82) is 0 Å². The summed E-state index contributed by atoms with van der Waals surface area (Å²) in [4.78, 5) is 32.8. The first-order valence-corrected chi connectivity index (χ1v) is 8.74. The maximum atomic E-state index is 13.8. The molecule has 2 aromatic rings. The molecule has 1 aliphatic heterocycles. The molecule has 11 heteroatoms. The van der Waals surface area contributed by atoms with E-state index in [1.807, 2.05) is 0 Å². The van der Waals surface area contributed by atoms with Gasteiger partial charge >= 0.3 is 6.18 Å². The SMILES string of the molecule is CC1(C(F)(F)F)CN(CC(=O)Nc2ncc(F)cn2)C(=O)c2c(Br)cccc21. The van der Waals surface area contributed by atoms with Crippen LogP contribution in [0.2, 0.25) is 0 Å². The largest absolute Gasteiger partial charge is 0.399 e. The van der Waals surface area contributed by atoms with E-state index in [0.29, 0.717) is 0 Å². The summed E-state index contributed by atoms with van der Waals surface area (Å²) in [5.41, 5.74) is -2.65. The van der Waals surface area contributed by atoms with Crippen molar-refractivity contribution in [2.24, 2.45) is 0 Å². The quantitative estimate of drug-likeness (QED) is 0.713. The molecule has 2 amide bonds. The normalized spacial score (nSPS) is 19.4. The van der Waals surface area contributed by atoms with Crippen LogP contribution in [0.15, 0.2) is 35.1 Å². The molecule has 148 valence electrons. The Morgan fingerprint density at radius 3 is 2.57 bits per heavy atom. The van der Waals surface area contributed by atoms with E-state index in [4.69, 9.17) is 0 Å². The zero-order chi connectivity index (χ0) is 20.7. The van der Waals surface area contributed by atoms with E-state index in [1.54, 1.807) is 0 Å². The Bertz CT molecular complexity index is 936. The summed E-state index contributed by atoms with van der Waals surface area (Å²) in [6.45, 7) is -0.388. The van der Waals surface area contributed by atoms with Crippen molar-refractivity contribution in [3.8, 4) is 0 Å². The van der Waals surface area contributed by atoms with Gasteiger partial charge in [-0.15, -0.1) is 0 Å². The number of nitrogens with zero attached hydrogens (tertiary/aromatic N) is 3. The van der Waals surface area contributed by atoms with E-state index < -0.39 is 42.3 Å². The van der Waals surface area contributed by atoms with Gasteiger partial charge in [0.25, 0.3) is 5.91 Å². The number of benzene rings is 1. The van der Waals surface area contributed by atoms with Crippen LogP contribution in [-0.2, 0) is 10.2 Å². The second kappa shape index (κ2) is 7.12. The van der Waals surface area contributed by atoms with Gasteiger partial charge in [-0.2, -0.15) is 13.2 Å². The highest BCUT2D eigenvalue weighted by atomic mass is 79.9. The third kappa shape index (κ3) is 3.58. The summed E-state index contributed by atoms with van der Waals surface area (Å²) in [5, 5.41) is 2.23. The van der Waals surface area contributed by atoms with Crippen molar-refractivity contribution < 1.29 is 27.2 Å². The molecule has 0 saturated carbocycles. The van der Waals surface area contributed by atoms with Crippen LogP contribution in [0.5, 0.6) is 0 Å². The van der Waals surface area contributed by atoms with Crippen LogP contribution in [0.25, 0.3) is 0 Å². The molecule has 1 aromatic carbocycles. The van der Waals surface area contributed by atoms with Crippen LogP contribution in [-0.4, -0.2) is 45.9 Å². The summed E-state index contributed by atoms with van der Waals surface area (Å²) < 4.78 is 54.6. The fraction of sp³-hybridized carbons (Fsp3) is 0.294. The van der Waals surface area contributed by atoms with E-state index in [1.165, 1.54) is 18.2 Å². The Hall–Kier alpha value is -2.56. The number of anilines is 1. The van der Waals surface area contributed by atoms with Gasteiger partial charge in [0.15, 0.2) is 5.82 Å². The molecule has 1 N–H and O–H groups in total. The van der Waals surface area contributed by atoms with Crippen molar-refractivity contribution in [2.45, 2.75) is 18.5 Å². The molecule has 0 fully saturated rings. The van der Waals surface area contributed by atoms with Crippen molar-refractivity contribution in [3.63, 3.8) is 0 Å². The molecule has 0 bridgehead atoms. The molecule has 6 nitrogen and oxygen atoms in total. The number of carbonyl (C=O) groups is 2. The monoisotopic (exact) mass is 460 g/mol. The zero-order valence-electron chi connectivity index (χ0n) is 14.3. The van der Waals surface area contributed by atoms with Crippen molar-refractivity contribution in [1.82, 2.24) is 14.9 Å². The number of nitrogens with one attached hydrogen (secondary N) is 1. The fourth-order valence-corrected chi connectivity index (χ4v) is 3.52. The maximum absolute atomic E-state index is 13.8. The number of alkyl halides is 3. The number of hydrogen-bond donors (Lipinski definition) is 1. The predicted molar refractivity (Wildman–Crippen MR) is 94.1 cm³/mol. The molecule has 0 aliphatic carbocycles. The summed E-state index contributed by atoms with van der Waals surface area (Å²) in [6.07, 6.45) is -3.01. The van der Waals surface area contributed by atoms with Gasteiger partial charge in [0, 0.05) is 11.0 Å². The van der Waals surface area contributed by atoms with E-state index in [-0.39, 0.29) is 21.5 Å². The van der Waals surface area contributed by atoms with Crippen LogP contribution >= 0.6 is 15.9 Å². The van der Waals surface area contributed by atoms with E-state index in [0.717, 1.165) is 24.2 Å². The topological polar surface area (TPSA) is 75.2 Å². The van der Waals surface area contributed by atoms with Crippen molar-refractivity contribution in [3.05, 3.63) is 52.0 Å². The summed E-state index contributed by atoms with van der Waals surface area (Å²) in [6, 6.07) is 4.15. The van der Waals surface area contributed by atoms with Crippen LogP contribution in [0, 0.1) is 5.82 Å². The van der Waals surface area contributed by atoms with Crippen LogP contribution in [0.1, 0.15) is 22.8 Å². The molecule has 2 heterocycles. The zero-order valence-corrected chi connectivity index (χ0v) is 15.9. The Kier molecular flexibility index (Phi) is 5.13. The third-order valence-corrected chi connectivity index (χ3v) is 5.11. The summed E-state index contributed by atoms with van der Waals surface area (Å²) in [5.74, 6) is -2.46. The van der Waals surface area contributed by atoms with Gasteiger partial charge in [-0.25, -0.2) is 14.4 Å². The number of aromatic nitrogens is 2. The molecule has 28 heavy (non-hydrogen) atoms. The van der Waals surface area contributed by atoms with Crippen molar-refractivity contribution >= 4 is 33.7 Å². The Labute approximate surface area is 165 Å². The lowest BCUT2D eigenvalue weighted by atomic mass is 9.75. The summed E-state index contributed by atoms with van der Waals surface area (Å²) in [7, 11) is 0. The second-order valence-electron chi connectivity index (χ2n) is 6.43. The first-order chi connectivity index (χ1) is 13.0. The van der Waals surface area contributed by atoms with Crippen LogP contribution in [0.4, 0.5) is 23.5 Å². The number of rotatable bonds is 3. The fourth-order valence-electron chi connectivity index (χ4n) is 2.98. The Balaban J connectivity index is 1.90. The van der Waals surface area contributed by atoms with Gasteiger partial charge in [0.1, 0.15) is 12.0 Å². The lowest BCUT2D eigenvalue weighted by Crippen LogP contribution is -2.56. The van der Waals surface area contributed by atoms with Gasteiger partial charge in [-0.1, -0.05) is 12.1 Å². The minimum absolute atomic E-state index is 0.139. The van der Waals surface area contributed by atoms with Gasteiger partial charge < -0.3 is 4.90 Å². The lowest BCUT2D eigenvalue weighted by molar-refractivity contribution is -0.190. The number of carbonyl (C=O) groups excluding carboxylic acids is 2. The van der Waals surface area contributed by atoms with E-state index in [2.05, 4.69) is 31.2 Å². The minimum atomic E-state index is -4.65. The van der Waals surface area contributed by atoms with Gasteiger partial charge in [-0.05, 0) is 34.5 Å². The van der Waals surface area contributed by atoms with Crippen LogP contribution in [0.3, 0.4) is 0 Å². The molecule has 0 saturated heterocycles. The average molecular weight is 461 g/mol. The van der Waals surface area contributed by atoms with E-state index in [9.17, 15) is 27.2 Å². The van der Waals surface area contributed by atoms with Gasteiger partial charge in [0.2, 0.25) is 11.9 Å². The average Bonchev–Trinajstić information content (AvgIpc) is 2.60. The molecule has 1 unspecified atom stereocenters. The molecule has 0 radical (unpaired) electrons.